The van der Waals surface area contributed by atoms with Crippen LogP contribution in [0.5, 0.6) is 5.75 Å². The van der Waals surface area contributed by atoms with Crippen molar-refractivity contribution in [2.75, 3.05) is 20.2 Å². The Morgan fingerprint density at radius 1 is 1.33 bits per heavy atom. The molecule has 3 aromatic rings. The molecule has 27 heavy (non-hydrogen) atoms. The number of aromatic amines is 1. The zero-order valence-electron chi connectivity index (χ0n) is 16.0. The Morgan fingerprint density at radius 2 is 2.19 bits per heavy atom. The number of carbonyl (C=O) groups excluding carboxylic acids is 1. The lowest BCUT2D eigenvalue weighted by Gasteiger charge is -2.27. The summed E-state index contributed by atoms with van der Waals surface area (Å²) >= 11 is 0. The van der Waals surface area contributed by atoms with Crippen molar-refractivity contribution in [3.05, 3.63) is 46.9 Å². The smallest absolute Gasteiger partial charge is 0.317 e. The minimum Gasteiger partial charge on any atom is -0.497 e. The summed E-state index contributed by atoms with van der Waals surface area (Å²) < 4.78 is 7.27. The van der Waals surface area contributed by atoms with Gasteiger partial charge in [-0.3, -0.25) is 4.68 Å². The molecule has 7 nitrogen and oxygen atoms in total. The third-order valence-electron chi connectivity index (χ3n) is 5.17. The number of methoxy groups -OCH3 is 1. The highest BCUT2D eigenvalue weighted by molar-refractivity contribution is 5.87. The Morgan fingerprint density at radius 3 is 2.93 bits per heavy atom. The average Bonchev–Trinajstić information content (AvgIpc) is 3.19. The van der Waals surface area contributed by atoms with E-state index in [2.05, 4.69) is 15.4 Å². The van der Waals surface area contributed by atoms with E-state index in [1.807, 2.05) is 47.7 Å². The normalized spacial score (nSPS) is 13.7. The second-order valence-electron chi connectivity index (χ2n) is 7.05. The molecule has 0 unspecified atom stereocenters. The summed E-state index contributed by atoms with van der Waals surface area (Å²) in [6, 6.07) is 8.03. The number of nitrogens with one attached hydrogen (secondary N) is 2. The fourth-order valence-corrected chi connectivity index (χ4v) is 3.78. The highest BCUT2D eigenvalue weighted by Crippen LogP contribution is 2.30. The number of nitrogens with zero attached hydrogens (tertiary/aromatic N) is 3. The van der Waals surface area contributed by atoms with Crippen LogP contribution < -0.4 is 10.1 Å². The molecule has 0 spiro atoms. The zero-order valence-corrected chi connectivity index (χ0v) is 16.0. The molecule has 2 N–H and O–H groups in total. The fourth-order valence-electron chi connectivity index (χ4n) is 3.78. The second-order valence-corrected chi connectivity index (χ2v) is 7.05. The van der Waals surface area contributed by atoms with Gasteiger partial charge in [-0.2, -0.15) is 5.10 Å². The minimum atomic E-state index is -0.0283. The van der Waals surface area contributed by atoms with E-state index in [-0.39, 0.29) is 6.03 Å². The van der Waals surface area contributed by atoms with Gasteiger partial charge in [-0.1, -0.05) is 0 Å². The van der Waals surface area contributed by atoms with Crippen LogP contribution in [-0.2, 0) is 19.5 Å². The van der Waals surface area contributed by atoms with E-state index in [0.717, 1.165) is 34.5 Å². The number of hydrogen-bond donors (Lipinski definition) is 2. The Labute approximate surface area is 158 Å². The van der Waals surface area contributed by atoms with Gasteiger partial charge in [0.1, 0.15) is 5.75 Å². The van der Waals surface area contributed by atoms with Crippen molar-refractivity contribution < 1.29 is 9.53 Å². The summed E-state index contributed by atoms with van der Waals surface area (Å²) in [6.07, 6.45) is 0.831. The SMILES string of the molecule is COc1ccc2[nH]c3c(c2c1)CN(C(=O)NCCn1nc(C)cc1C)CC3. The molecule has 0 fully saturated rings. The van der Waals surface area contributed by atoms with E-state index in [4.69, 9.17) is 4.74 Å². The molecule has 2 aromatic heterocycles. The maximum Gasteiger partial charge on any atom is 0.317 e. The van der Waals surface area contributed by atoms with Crippen molar-refractivity contribution in [3.63, 3.8) is 0 Å². The largest absolute Gasteiger partial charge is 0.497 e. The van der Waals surface area contributed by atoms with Gasteiger partial charge in [0.15, 0.2) is 0 Å². The first-order valence-corrected chi connectivity index (χ1v) is 9.26. The average molecular weight is 367 g/mol. The lowest BCUT2D eigenvalue weighted by Crippen LogP contribution is -2.43. The number of amides is 2. The van der Waals surface area contributed by atoms with Crippen LogP contribution in [0.2, 0.25) is 0 Å². The first-order valence-electron chi connectivity index (χ1n) is 9.26. The summed E-state index contributed by atoms with van der Waals surface area (Å²) in [5.74, 6) is 0.829. The number of carbonyl (C=O) groups is 1. The summed E-state index contributed by atoms with van der Waals surface area (Å²) in [5.41, 5.74) is 5.59. The fraction of sp³-hybridized carbons (Fsp3) is 0.400. The molecule has 3 heterocycles. The highest BCUT2D eigenvalue weighted by atomic mass is 16.5. The van der Waals surface area contributed by atoms with Gasteiger partial charge in [0.2, 0.25) is 0 Å². The van der Waals surface area contributed by atoms with Crippen LogP contribution in [0.1, 0.15) is 22.6 Å². The third kappa shape index (κ3) is 3.37. The van der Waals surface area contributed by atoms with Crippen LogP contribution in [-0.4, -0.2) is 45.9 Å². The van der Waals surface area contributed by atoms with E-state index < -0.39 is 0 Å². The van der Waals surface area contributed by atoms with E-state index in [0.29, 0.717) is 26.2 Å². The van der Waals surface area contributed by atoms with Crippen molar-refractivity contribution in [2.45, 2.75) is 33.4 Å². The molecule has 0 bridgehead atoms. The number of urea groups is 1. The Kier molecular flexibility index (Phi) is 4.51. The van der Waals surface area contributed by atoms with Crippen LogP contribution >= 0.6 is 0 Å². The van der Waals surface area contributed by atoms with Crippen molar-refractivity contribution >= 4 is 16.9 Å². The van der Waals surface area contributed by atoms with Crippen LogP contribution in [0.15, 0.2) is 24.3 Å². The number of H-pyrrole nitrogens is 1. The van der Waals surface area contributed by atoms with Crippen LogP contribution in [0, 0.1) is 13.8 Å². The van der Waals surface area contributed by atoms with E-state index >= 15 is 0 Å². The maximum atomic E-state index is 12.6. The van der Waals surface area contributed by atoms with Crippen LogP contribution in [0.25, 0.3) is 10.9 Å². The van der Waals surface area contributed by atoms with Gasteiger partial charge in [-0.25, -0.2) is 4.79 Å². The van der Waals surface area contributed by atoms with Gasteiger partial charge in [0.25, 0.3) is 0 Å². The standard InChI is InChI=1S/C20H25N5O2/c1-13-10-14(2)25(23-13)9-7-21-20(26)24-8-6-19-17(12-24)16-11-15(27-3)4-5-18(16)22-19/h4-5,10-11,22H,6-9,12H2,1-3H3,(H,21,26). The molecule has 0 aliphatic carbocycles. The van der Waals surface area contributed by atoms with Gasteiger partial charge in [0, 0.05) is 53.9 Å². The van der Waals surface area contributed by atoms with Crippen molar-refractivity contribution in [1.82, 2.24) is 25.0 Å². The second kappa shape index (κ2) is 6.98. The number of fused-ring (bicyclic) bond motifs is 3. The minimum absolute atomic E-state index is 0.0283. The number of rotatable bonds is 4. The molecule has 0 radical (unpaired) electrons. The molecule has 4 rings (SSSR count). The first kappa shape index (κ1) is 17.5. The predicted octanol–water partition coefficient (Wildman–Crippen LogP) is 2.76. The Hall–Kier alpha value is -2.96. The van der Waals surface area contributed by atoms with Gasteiger partial charge in [0.05, 0.1) is 19.3 Å². The lowest BCUT2D eigenvalue weighted by atomic mass is 10.0. The summed E-state index contributed by atoms with van der Waals surface area (Å²) in [4.78, 5) is 18.0. The van der Waals surface area contributed by atoms with Crippen LogP contribution in [0.3, 0.4) is 0 Å². The highest BCUT2D eigenvalue weighted by Gasteiger charge is 2.24. The molecule has 0 saturated carbocycles. The molecular formula is C20H25N5O2. The quantitative estimate of drug-likeness (QED) is 0.745. The Balaban J connectivity index is 1.42. The van der Waals surface area contributed by atoms with Gasteiger partial charge in [-0.05, 0) is 38.1 Å². The molecule has 2 amide bonds. The molecular weight excluding hydrogens is 342 g/mol. The van der Waals surface area contributed by atoms with Crippen molar-refractivity contribution in [3.8, 4) is 5.75 Å². The molecule has 7 heteroatoms. The summed E-state index contributed by atoms with van der Waals surface area (Å²) in [5, 5.41) is 8.58. The molecule has 0 saturated heterocycles. The molecule has 142 valence electrons. The topological polar surface area (TPSA) is 75.2 Å². The molecule has 1 aromatic carbocycles. The third-order valence-corrected chi connectivity index (χ3v) is 5.17. The van der Waals surface area contributed by atoms with E-state index in [1.165, 1.54) is 11.3 Å². The van der Waals surface area contributed by atoms with Crippen molar-refractivity contribution in [2.24, 2.45) is 0 Å². The predicted molar refractivity (Wildman–Crippen MR) is 104 cm³/mol. The number of benzene rings is 1. The monoisotopic (exact) mass is 367 g/mol. The van der Waals surface area contributed by atoms with Gasteiger partial charge in [-0.15, -0.1) is 0 Å². The van der Waals surface area contributed by atoms with E-state index in [1.54, 1.807) is 7.11 Å². The number of ether oxygens (including phenoxy) is 1. The van der Waals surface area contributed by atoms with E-state index in [9.17, 15) is 4.79 Å². The summed E-state index contributed by atoms with van der Waals surface area (Å²) in [6.45, 7) is 6.56. The molecule has 0 atom stereocenters. The van der Waals surface area contributed by atoms with Gasteiger partial charge < -0.3 is 19.9 Å². The number of aromatic nitrogens is 3. The molecule has 1 aliphatic rings. The summed E-state index contributed by atoms with van der Waals surface area (Å²) in [7, 11) is 1.67. The Bertz CT molecular complexity index is 988. The molecule has 1 aliphatic heterocycles. The van der Waals surface area contributed by atoms with Crippen molar-refractivity contribution in [1.29, 1.82) is 0 Å². The first-order chi connectivity index (χ1) is 13.0. The number of aryl methyl sites for hydroxylation is 2. The lowest BCUT2D eigenvalue weighted by molar-refractivity contribution is 0.192. The van der Waals surface area contributed by atoms with Crippen LogP contribution in [0.4, 0.5) is 4.79 Å². The zero-order chi connectivity index (χ0) is 19.0. The number of hydrogen-bond acceptors (Lipinski definition) is 3. The maximum absolute atomic E-state index is 12.6. The van der Waals surface area contributed by atoms with Gasteiger partial charge >= 0.3 is 6.03 Å².